The smallest absolute Gasteiger partial charge is 0.109 e. The van der Waals surface area contributed by atoms with Crippen molar-refractivity contribution in [2.24, 2.45) is 5.92 Å². The predicted octanol–water partition coefficient (Wildman–Crippen LogP) is 2.39. The molecule has 1 saturated heterocycles. The van der Waals surface area contributed by atoms with Gasteiger partial charge < -0.3 is 5.32 Å². The third-order valence-electron chi connectivity index (χ3n) is 2.80. The lowest BCUT2D eigenvalue weighted by Gasteiger charge is -2.22. The third kappa shape index (κ3) is 2.55. The molecule has 0 aliphatic carbocycles. The molecule has 0 bridgehead atoms. The fourth-order valence-electron chi connectivity index (χ4n) is 1.97. The molecule has 1 aliphatic rings. The van der Waals surface area contributed by atoms with Crippen molar-refractivity contribution in [3.8, 4) is 0 Å². The van der Waals surface area contributed by atoms with Crippen LogP contribution in [0.25, 0.3) is 0 Å². The molecule has 0 spiro atoms. The van der Waals surface area contributed by atoms with E-state index in [1.54, 1.807) is 0 Å². The molecule has 2 heterocycles. The third-order valence-corrected chi connectivity index (χ3v) is 3.52. The molecule has 1 aromatic rings. The number of nitrogens with zero attached hydrogens (tertiary/aromatic N) is 1. The van der Waals surface area contributed by atoms with Gasteiger partial charge in [0.15, 0.2) is 0 Å². The highest BCUT2D eigenvalue weighted by Crippen LogP contribution is 2.21. The van der Waals surface area contributed by atoms with Crippen LogP contribution in [0.15, 0.2) is 22.9 Å². The van der Waals surface area contributed by atoms with Crippen LogP contribution in [0, 0.1) is 5.92 Å². The summed E-state index contributed by atoms with van der Waals surface area (Å²) in [5.41, 5.74) is 1.35. The van der Waals surface area contributed by atoms with Gasteiger partial charge in [-0.05, 0) is 65.8 Å². The lowest BCUT2D eigenvalue weighted by molar-refractivity contribution is 0.372. The van der Waals surface area contributed by atoms with Gasteiger partial charge in [-0.25, -0.2) is 4.98 Å². The average Bonchev–Trinajstić information content (AvgIpc) is 2.23. The van der Waals surface area contributed by atoms with Crippen LogP contribution in [0.1, 0.15) is 18.4 Å². The number of piperidine rings is 1. The van der Waals surface area contributed by atoms with Crippen molar-refractivity contribution in [3.05, 3.63) is 28.5 Å². The normalized spacial score (nSPS) is 18.4. The number of hydrogen-bond acceptors (Lipinski definition) is 2. The van der Waals surface area contributed by atoms with Crippen molar-refractivity contribution in [1.82, 2.24) is 10.3 Å². The quantitative estimate of drug-likeness (QED) is 0.821. The Morgan fingerprint density at radius 1 is 1.43 bits per heavy atom. The highest BCUT2D eigenvalue weighted by molar-refractivity contribution is 9.10. The van der Waals surface area contributed by atoms with Gasteiger partial charge in [0, 0.05) is 6.20 Å². The standard InChI is InChI=1S/C11H15BrN2/c12-11-10(2-1-5-14-11)8-9-3-6-13-7-4-9/h1-2,5,9,13H,3-4,6-8H2. The van der Waals surface area contributed by atoms with Crippen LogP contribution in [0.5, 0.6) is 0 Å². The monoisotopic (exact) mass is 254 g/mol. The van der Waals surface area contributed by atoms with E-state index in [1.165, 1.54) is 31.5 Å². The Labute approximate surface area is 93.3 Å². The zero-order valence-electron chi connectivity index (χ0n) is 8.17. The second kappa shape index (κ2) is 4.89. The molecular formula is C11H15BrN2. The molecule has 76 valence electrons. The topological polar surface area (TPSA) is 24.9 Å². The Morgan fingerprint density at radius 3 is 2.93 bits per heavy atom. The van der Waals surface area contributed by atoms with Gasteiger partial charge >= 0.3 is 0 Å². The zero-order chi connectivity index (χ0) is 9.80. The van der Waals surface area contributed by atoms with Gasteiger partial charge in [0.25, 0.3) is 0 Å². The molecular weight excluding hydrogens is 240 g/mol. The van der Waals surface area contributed by atoms with Crippen molar-refractivity contribution in [2.75, 3.05) is 13.1 Å². The first kappa shape index (κ1) is 10.1. The fourth-order valence-corrected chi connectivity index (χ4v) is 2.38. The fraction of sp³-hybridized carbons (Fsp3) is 0.545. The minimum Gasteiger partial charge on any atom is -0.317 e. The number of nitrogens with one attached hydrogen (secondary N) is 1. The first-order chi connectivity index (χ1) is 6.86. The van der Waals surface area contributed by atoms with E-state index in [1.807, 2.05) is 12.3 Å². The Hall–Kier alpha value is -0.410. The highest BCUT2D eigenvalue weighted by Gasteiger charge is 2.14. The second-order valence-corrected chi connectivity index (χ2v) is 4.60. The zero-order valence-corrected chi connectivity index (χ0v) is 9.76. The number of rotatable bonds is 2. The molecule has 2 rings (SSSR count). The van der Waals surface area contributed by atoms with Gasteiger partial charge in [-0.3, -0.25) is 0 Å². The van der Waals surface area contributed by atoms with E-state index >= 15 is 0 Å². The summed E-state index contributed by atoms with van der Waals surface area (Å²) < 4.78 is 1.01. The average molecular weight is 255 g/mol. The number of halogens is 1. The van der Waals surface area contributed by atoms with Crippen LogP contribution in [0.2, 0.25) is 0 Å². The molecule has 0 amide bonds. The van der Waals surface area contributed by atoms with Gasteiger partial charge in [-0.15, -0.1) is 0 Å². The van der Waals surface area contributed by atoms with E-state index < -0.39 is 0 Å². The maximum absolute atomic E-state index is 4.25. The predicted molar refractivity (Wildman–Crippen MR) is 61.2 cm³/mol. The Balaban J connectivity index is 1.99. The molecule has 0 aromatic carbocycles. The summed E-state index contributed by atoms with van der Waals surface area (Å²) in [4.78, 5) is 4.25. The van der Waals surface area contributed by atoms with Crippen molar-refractivity contribution >= 4 is 15.9 Å². The van der Waals surface area contributed by atoms with Crippen LogP contribution >= 0.6 is 15.9 Å². The van der Waals surface area contributed by atoms with Gasteiger partial charge in [-0.2, -0.15) is 0 Å². The Bertz CT molecular complexity index is 295. The molecule has 2 nitrogen and oxygen atoms in total. The molecule has 1 aromatic heterocycles. The Kier molecular flexibility index (Phi) is 3.54. The summed E-state index contributed by atoms with van der Waals surface area (Å²) >= 11 is 3.50. The van der Waals surface area contributed by atoms with E-state index in [0.717, 1.165) is 16.9 Å². The summed E-state index contributed by atoms with van der Waals surface area (Å²) in [7, 11) is 0. The molecule has 0 radical (unpaired) electrons. The van der Waals surface area contributed by atoms with Crippen LogP contribution in [-0.4, -0.2) is 18.1 Å². The van der Waals surface area contributed by atoms with E-state index in [4.69, 9.17) is 0 Å². The second-order valence-electron chi connectivity index (χ2n) is 3.85. The number of pyridine rings is 1. The van der Waals surface area contributed by atoms with Crippen LogP contribution in [0.4, 0.5) is 0 Å². The first-order valence-electron chi connectivity index (χ1n) is 5.16. The molecule has 1 N–H and O–H groups in total. The van der Waals surface area contributed by atoms with Crippen molar-refractivity contribution in [2.45, 2.75) is 19.3 Å². The maximum atomic E-state index is 4.25. The van der Waals surface area contributed by atoms with E-state index in [-0.39, 0.29) is 0 Å². The van der Waals surface area contributed by atoms with Crippen molar-refractivity contribution < 1.29 is 0 Å². The first-order valence-corrected chi connectivity index (χ1v) is 5.95. The molecule has 1 fully saturated rings. The van der Waals surface area contributed by atoms with Gasteiger partial charge in [-0.1, -0.05) is 6.07 Å². The minimum atomic E-state index is 0.830. The summed E-state index contributed by atoms with van der Waals surface area (Å²) in [5.74, 6) is 0.830. The summed E-state index contributed by atoms with van der Waals surface area (Å²) in [6.07, 6.45) is 5.58. The molecule has 0 atom stereocenters. The molecule has 1 aliphatic heterocycles. The van der Waals surface area contributed by atoms with Gasteiger partial charge in [0.1, 0.15) is 4.60 Å². The lowest BCUT2D eigenvalue weighted by Crippen LogP contribution is -2.28. The number of hydrogen-bond donors (Lipinski definition) is 1. The van der Waals surface area contributed by atoms with E-state index in [2.05, 4.69) is 32.3 Å². The molecule has 0 unspecified atom stereocenters. The van der Waals surface area contributed by atoms with Gasteiger partial charge in [0.05, 0.1) is 0 Å². The SMILES string of the molecule is Brc1ncccc1CC1CCNCC1. The molecule has 14 heavy (non-hydrogen) atoms. The minimum absolute atomic E-state index is 0.830. The van der Waals surface area contributed by atoms with Crippen LogP contribution < -0.4 is 5.32 Å². The molecule has 3 heteroatoms. The van der Waals surface area contributed by atoms with Crippen LogP contribution in [0.3, 0.4) is 0 Å². The summed E-state index contributed by atoms with van der Waals surface area (Å²) in [6.45, 7) is 2.34. The van der Waals surface area contributed by atoms with Crippen molar-refractivity contribution in [1.29, 1.82) is 0 Å². The summed E-state index contributed by atoms with van der Waals surface area (Å²) in [6, 6.07) is 4.18. The van der Waals surface area contributed by atoms with Crippen LogP contribution in [-0.2, 0) is 6.42 Å². The number of aromatic nitrogens is 1. The maximum Gasteiger partial charge on any atom is 0.109 e. The van der Waals surface area contributed by atoms with E-state index in [9.17, 15) is 0 Å². The Morgan fingerprint density at radius 2 is 2.21 bits per heavy atom. The molecule has 0 saturated carbocycles. The highest BCUT2D eigenvalue weighted by atomic mass is 79.9. The van der Waals surface area contributed by atoms with Gasteiger partial charge in [0.2, 0.25) is 0 Å². The summed E-state index contributed by atoms with van der Waals surface area (Å²) in [5, 5.41) is 3.39. The van der Waals surface area contributed by atoms with Crippen molar-refractivity contribution in [3.63, 3.8) is 0 Å². The largest absolute Gasteiger partial charge is 0.317 e. The lowest BCUT2D eigenvalue weighted by atomic mass is 9.92. The van der Waals surface area contributed by atoms with E-state index in [0.29, 0.717) is 0 Å².